The van der Waals surface area contributed by atoms with Crippen LogP contribution >= 0.6 is 0 Å². The van der Waals surface area contributed by atoms with E-state index in [-0.39, 0.29) is 0 Å². The molecule has 1 saturated carbocycles. The molecule has 2 fully saturated rings. The van der Waals surface area contributed by atoms with E-state index in [9.17, 15) is 0 Å². The van der Waals surface area contributed by atoms with Gasteiger partial charge in [0.1, 0.15) is 0 Å². The van der Waals surface area contributed by atoms with Gasteiger partial charge in [0, 0.05) is 31.2 Å². The summed E-state index contributed by atoms with van der Waals surface area (Å²) in [5.74, 6) is 1.85. The third-order valence-corrected chi connectivity index (χ3v) is 5.37. The van der Waals surface area contributed by atoms with E-state index in [4.69, 9.17) is 0 Å². The lowest BCUT2D eigenvalue weighted by atomic mass is 9.78. The number of rotatable bonds is 2. The van der Waals surface area contributed by atoms with Gasteiger partial charge in [-0.15, -0.1) is 0 Å². The van der Waals surface area contributed by atoms with Crippen molar-refractivity contribution in [1.82, 2.24) is 10.2 Å². The van der Waals surface area contributed by atoms with Crippen molar-refractivity contribution in [2.24, 2.45) is 11.8 Å². The summed E-state index contributed by atoms with van der Waals surface area (Å²) in [4.78, 5) is 2.77. The third-order valence-electron chi connectivity index (χ3n) is 5.37. The average molecular weight is 238 g/mol. The van der Waals surface area contributed by atoms with Crippen LogP contribution in [0.4, 0.5) is 0 Å². The summed E-state index contributed by atoms with van der Waals surface area (Å²) in [5.41, 5.74) is 0.352. The molecule has 100 valence electrons. The molecule has 0 amide bonds. The van der Waals surface area contributed by atoms with Crippen LogP contribution in [0.2, 0.25) is 0 Å². The second-order valence-corrected chi connectivity index (χ2v) is 6.73. The van der Waals surface area contributed by atoms with E-state index in [0.29, 0.717) is 5.54 Å². The maximum Gasteiger partial charge on any atom is 0.0278 e. The van der Waals surface area contributed by atoms with Crippen molar-refractivity contribution < 1.29 is 0 Å². The Balaban J connectivity index is 1.94. The minimum atomic E-state index is 0.352. The Morgan fingerprint density at radius 1 is 1.24 bits per heavy atom. The number of hydrogen-bond donors (Lipinski definition) is 1. The lowest BCUT2D eigenvalue weighted by molar-refractivity contribution is 0.0555. The van der Waals surface area contributed by atoms with E-state index in [1.165, 1.54) is 45.3 Å². The van der Waals surface area contributed by atoms with Crippen LogP contribution in [0, 0.1) is 11.8 Å². The molecule has 0 aromatic heterocycles. The fourth-order valence-electron chi connectivity index (χ4n) is 3.48. The van der Waals surface area contributed by atoms with E-state index in [1.807, 2.05) is 0 Å². The highest BCUT2D eigenvalue weighted by Crippen LogP contribution is 2.33. The molecular formula is C15H30N2. The van der Waals surface area contributed by atoms with Gasteiger partial charge in [-0.3, -0.25) is 4.90 Å². The molecule has 1 saturated heterocycles. The van der Waals surface area contributed by atoms with Gasteiger partial charge in [0.2, 0.25) is 0 Å². The van der Waals surface area contributed by atoms with E-state index in [2.05, 4.69) is 37.9 Å². The number of hydrogen-bond acceptors (Lipinski definition) is 2. The molecule has 4 atom stereocenters. The average Bonchev–Trinajstić information content (AvgIpc) is 2.33. The highest BCUT2D eigenvalue weighted by molar-refractivity contribution is 4.93. The van der Waals surface area contributed by atoms with E-state index >= 15 is 0 Å². The minimum Gasteiger partial charge on any atom is -0.309 e. The molecular weight excluding hydrogens is 208 g/mol. The number of nitrogens with one attached hydrogen (secondary N) is 1. The van der Waals surface area contributed by atoms with Crippen LogP contribution in [0.15, 0.2) is 0 Å². The summed E-state index contributed by atoms with van der Waals surface area (Å²) >= 11 is 0. The number of piperazine rings is 1. The van der Waals surface area contributed by atoms with Crippen LogP contribution in [-0.2, 0) is 0 Å². The molecule has 2 heteroatoms. The second-order valence-electron chi connectivity index (χ2n) is 6.73. The molecule has 2 nitrogen and oxygen atoms in total. The quantitative estimate of drug-likeness (QED) is 0.796. The van der Waals surface area contributed by atoms with Crippen molar-refractivity contribution in [2.75, 3.05) is 19.6 Å². The zero-order chi connectivity index (χ0) is 12.5. The van der Waals surface area contributed by atoms with Crippen molar-refractivity contribution in [3.05, 3.63) is 0 Å². The molecule has 0 bridgehead atoms. The maximum absolute atomic E-state index is 3.69. The smallest absolute Gasteiger partial charge is 0.0278 e. The molecule has 1 aliphatic carbocycles. The van der Waals surface area contributed by atoms with Crippen molar-refractivity contribution in [3.63, 3.8) is 0 Å². The van der Waals surface area contributed by atoms with Gasteiger partial charge in [0.25, 0.3) is 0 Å². The van der Waals surface area contributed by atoms with E-state index in [1.54, 1.807) is 0 Å². The monoisotopic (exact) mass is 238 g/mol. The molecule has 0 spiro atoms. The minimum absolute atomic E-state index is 0.352. The van der Waals surface area contributed by atoms with Gasteiger partial charge < -0.3 is 5.32 Å². The Morgan fingerprint density at radius 2 is 2.00 bits per heavy atom. The topological polar surface area (TPSA) is 15.3 Å². The SMILES string of the molecule is CCC1(C)CN(C2CCC(C)C(C)C2)CCN1. The first-order chi connectivity index (χ1) is 8.04. The second kappa shape index (κ2) is 5.27. The summed E-state index contributed by atoms with van der Waals surface area (Å²) in [7, 11) is 0. The third kappa shape index (κ3) is 3.03. The van der Waals surface area contributed by atoms with E-state index in [0.717, 1.165) is 17.9 Å². The molecule has 1 aliphatic heterocycles. The van der Waals surface area contributed by atoms with Crippen molar-refractivity contribution in [1.29, 1.82) is 0 Å². The molecule has 1 heterocycles. The summed E-state index contributed by atoms with van der Waals surface area (Å²) in [6.07, 6.45) is 5.51. The van der Waals surface area contributed by atoms with Gasteiger partial charge >= 0.3 is 0 Å². The van der Waals surface area contributed by atoms with Crippen molar-refractivity contribution in [3.8, 4) is 0 Å². The predicted molar refractivity (Wildman–Crippen MR) is 74.2 cm³/mol. The zero-order valence-corrected chi connectivity index (χ0v) is 12.1. The van der Waals surface area contributed by atoms with Crippen LogP contribution in [0.5, 0.6) is 0 Å². The van der Waals surface area contributed by atoms with Gasteiger partial charge in [0.05, 0.1) is 0 Å². The molecule has 0 aromatic carbocycles. The first-order valence-corrected chi connectivity index (χ1v) is 7.53. The highest BCUT2D eigenvalue weighted by Gasteiger charge is 2.35. The standard InChI is InChI=1S/C15H30N2/c1-5-15(4)11-17(9-8-16-15)14-7-6-12(2)13(3)10-14/h12-14,16H,5-11H2,1-4H3. The molecule has 2 aliphatic rings. The molecule has 0 aromatic rings. The van der Waals surface area contributed by atoms with Crippen LogP contribution < -0.4 is 5.32 Å². The van der Waals surface area contributed by atoms with E-state index < -0.39 is 0 Å². The number of nitrogens with zero attached hydrogens (tertiary/aromatic N) is 1. The van der Waals surface area contributed by atoms with Gasteiger partial charge in [-0.2, -0.15) is 0 Å². The first kappa shape index (κ1) is 13.4. The zero-order valence-electron chi connectivity index (χ0n) is 12.1. The summed E-state index contributed by atoms with van der Waals surface area (Å²) in [5, 5.41) is 3.69. The van der Waals surface area contributed by atoms with Crippen LogP contribution in [0.3, 0.4) is 0 Å². The molecule has 4 unspecified atom stereocenters. The fraction of sp³-hybridized carbons (Fsp3) is 1.00. The Labute approximate surface area is 107 Å². The maximum atomic E-state index is 3.69. The predicted octanol–water partition coefficient (Wildman–Crippen LogP) is 2.89. The molecule has 1 N–H and O–H groups in total. The largest absolute Gasteiger partial charge is 0.309 e. The summed E-state index contributed by atoms with van der Waals surface area (Å²) in [6.45, 7) is 13.2. The van der Waals surface area contributed by atoms with Crippen LogP contribution in [0.1, 0.15) is 53.4 Å². The van der Waals surface area contributed by atoms with Crippen LogP contribution in [-0.4, -0.2) is 36.1 Å². The lowest BCUT2D eigenvalue weighted by Crippen LogP contribution is -2.61. The fourth-order valence-corrected chi connectivity index (χ4v) is 3.48. The first-order valence-electron chi connectivity index (χ1n) is 7.53. The van der Waals surface area contributed by atoms with Crippen LogP contribution in [0.25, 0.3) is 0 Å². The van der Waals surface area contributed by atoms with Gasteiger partial charge in [-0.1, -0.05) is 20.8 Å². The Morgan fingerprint density at radius 3 is 2.65 bits per heavy atom. The molecule has 0 radical (unpaired) electrons. The van der Waals surface area contributed by atoms with Gasteiger partial charge in [-0.05, 0) is 44.4 Å². The van der Waals surface area contributed by atoms with Crippen molar-refractivity contribution in [2.45, 2.75) is 65.0 Å². The highest BCUT2D eigenvalue weighted by atomic mass is 15.2. The van der Waals surface area contributed by atoms with Gasteiger partial charge in [0.15, 0.2) is 0 Å². The normalized spacial score (nSPS) is 44.8. The Hall–Kier alpha value is -0.0800. The van der Waals surface area contributed by atoms with Gasteiger partial charge in [-0.25, -0.2) is 0 Å². The summed E-state index contributed by atoms with van der Waals surface area (Å²) < 4.78 is 0. The van der Waals surface area contributed by atoms with Crippen molar-refractivity contribution >= 4 is 0 Å². The Bertz CT molecular complexity index is 253. The Kier molecular flexibility index (Phi) is 4.14. The molecule has 17 heavy (non-hydrogen) atoms. The lowest BCUT2D eigenvalue weighted by Gasteiger charge is -2.47. The summed E-state index contributed by atoms with van der Waals surface area (Å²) in [6, 6.07) is 0.856. The molecule has 2 rings (SSSR count).